The summed E-state index contributed by atoms with van der Waals surface area (Å²) in [5, 5.41) is 2.93. The minimum atomic E-state index is -4.36. The van der Waals surface area contributed by atoms with Crippen molar-refractivity contribution in [2.24, 2.45) is 5.92 Å². The summed E-state index contributed by atoms with van der Waals surface area (Å²) in [6.07, 6.45) is -2.46. The number of alkyl halides is 3. The van der Waals surface area contributed by atoms with E-state index in [0.29, 0.717) is 82.7 Å². The van der Waals surface area contributed by atoms with E-state index in [1.54, 1.807) is 15.9 Å². The number of ketones is 1. The molecule has 0 radical (unpaired) electrons. The molecule has 0 bridgehead atoms. The zero-order chi connectivity index (χ0) is 33.2. The molecule has 12 heteroatoms. The van der Waals surface area contributed by atoms with Crippen LogP contribution < -0.4 is 5.32 Å². The molecule has 3 aliphatic rings. The molecular weight excluding hydrogens is 616 g/mol. The fourth-order valence-electron chi connectivity index (χ4n) is 6.62. The van der Waals surface area contributed by atoms with Crippen LogP contribution in [0.5, 0.6) is 0 Å². The fraction of sp³-hybridized carbons (Fsp3) is 0.400. The third kappa shape index (κ3) is 7.75. The van der Waals surface area contributed by atoms with Crippen LogP contribution in [-0.4, -0.2) is 70.9 Å². The predicted octanol–water partition coefficient (Wildman–Crippen LogP) is 6.96. The van der Waals surface area contributed by atoms with Crippen LogP contribution in [0.15, 0.2) is 72.8 Å². The number of likely N-dealkylation sites (tertiary alicyclic amines) is 2. The van der Waals surface area contributed by atoms with Gasteiger partial charge in [-0.3, -0.25) is 14.6 Å². The highest BCUT2D eigenvalue weighted by atomic mass is 19.4. The number of nitrogens with one attached hydrogen (secondary N) is 1. The minimum absolute atomic E-state index is 0.0383. The van der Waals surface area contributed by atoms with E-state index >= 15 is 0 Å². The predicted molar refractivity (Wildman–Crippen MR) is 166 cm³/mol. The van der Waals surface area contributed by atoms with Crippen molar-refractivity contribution in [3.8, 4) is 0 Å². The number of ether oxygens (including phenoxy) is 1. The van der Waals surface area contributed by atoms with E-state index in [4.69, 9.17) is 4.74 Å². The Bertz CT molecular complexity index is 1600. The van der Waals surface area contributed by atoms with E-state index in [-0.39, 0.29) is 17.7 Å². The first-order valence-corrected chi connectivity index (χ1v) is 15.8. The van der Waals surface area contributed by atoms with Crippen LogP contribution >= 0.6 is 0 Å². The van der Waals surface area contributed by atoms with Gasteiger partial charge in [-0.2, -0.15) is 13.2 Å². The first-order valence-electron chi connectivity index (χ1n) is 15.8. The number of anilines is 1. The van der Waals surface area contributed by atoms with Gasteiger partial charge in [0.05, 0.1) is 12.1 Å². The highest BCUT2D eigenvalue weighted by Gasteiger charge is 2.46. The monoisotopic (exact) mass is 652 g/mol. The molecule has 0 unspecified atom stereocenters. The van der Waals surface area contributed by atoms with Gasteiger partial charge >= 0.3 is 18.3 Å². The van der Waals surface area contributed by atoms with Crippen molar-refractivity contribution in [3.63, 3.8) is 0 Å². The number of carbonyl (C=O) groups is 3. The maximum absolute atomic E-state index is 13.2. The Balaban J connectivity index is 0.970. The molecule has 3 aromatic rings. The van der Waals surface area contributed by atoms with Crippen LogP contribution in [-0.2, 0) is 24.0 Å². The van der Waals surface area contributed by atoms with Crippen LogP contribution in [0.4, 0.5) is 32.8 Å². The highest BCUT2D eigenvalue weighted by Crippen LogP contribution is 2.35. The molecule has 3 aliphatic heterocycles. The van der Waals surface area contributed by atoms with Gasteiger partial charge in [0.15, 0.2) is 5.78 Å². The molecular formula is C35H36F4N4O4. The van der Waals surface area contributed by atoms with Crippen LogP contribution in [0.2, 0.25) is 0 Å². The first-order chi connectivity index (χ1) is 22.5. The molecule has 3 aromatic carbocycles. The molecule has 3 fully saturated rings. The van der Waals surface area contributed by atoms with Crippen LogP contribution in [0, 0.1) is 11.7 Å². The lowest BCUT2D eigenvalue weighted by Gasteiger charge is -2.37. The summed E-state index contributed by atoms with van der Waals surface area (Å²) < 4.78 is 57.7. The highest BCUT2D eigenvalue weighted by molar-refractivity contribution is 5.98. The number of hydrogen-bond donors (Lipinski definition) is 1. The second-order valence-electron chi connectivity index (χ2n) is 12.6. The number of piperidine rings is 2. The Morgan fingerprint density at radius 1 is 0.872 bits per heavy atom. The summed E-state index contributed by atoms with van der Waals surface area (Å²) in [5.41, 5.74) is 1.42. The van der Waals surface area contributed by atoms with E-state index in [2.05, 4.69) is 10.2 Å². The normalized spacial score (nSPS) is 18.8. The van der Waals surface area contributed by atoms with Crippen LogP contribution in [0.3, 0.4) is 0 Å². The van der Waals surface area contributed by atoms with Crippen molar-refractivity contribution in [2.45, 2.75) is 50.6 Å². The van der Waals surface area contributed by atoms with Crippen molar-refractivity contribution < 1.29 is 36.7 Å². The number of Topliss-reactive ketones (excluding diaryl/α,β-unsaturated/α-hetero) is 1. The average Bonchev–Trinajstić information content (AvgIpc) is 3.35. The number of rotatable bonds is 7. The van der Waals surface area contributed by atoms with Gasteiger partial charge in [-0.05, 0) is 72.5 Å². The van der Waals surface area contributed by atoms with Gasteiger partial charge in [0, 0.05) is 69.3 Å². The molecule has 0 atom stereocenters. The van der Waals surface area contributed by atoms with Crippen molar-refractivity contribution in [2.75, 3.05) is 38.0 Å². The van der Waals surface area contributed by atoms with Crippen molar-refractivity contribution in [3.05, 3.63) is 101 Å². The van der Waals surface area contributed by atoms with Crippen molar-refractivity contribution >= 4 is 23.6 Å². The Kier molecular flexibility index (Phi) is 9.23. The molecule has 0 aromatic heterocycles. The lowest BCUT2D eigenvalue weighted by Crippen LogP contribution is -2.46. The lowest BCUT2D eigenvalue weighted by atomic mass is 9.89. The van der Waals surface area contributed by atoms with Gasteiger partial charge < -0.3 is 15.0 Å². The Labute approximate surface area is 270 Å². The van der Waals surface area contributed by atoms with E-state index in [1.165, 1.54) is 36.4 Å². The topological polar surface area (TPSA) is 82.2 Å². The largest absolute Gasteiger partial charge is 0.441 e. The Hall–Kier alpha value is -4.45. The van der Waals surface area contributed by atoms with E-state index in [9.17, 15) is 31.9 Å². The quantitative estimate of drug-likeness (QED) is 0.221. The number of urea groups is 1. The molecule has 0 aliphatic carbocycles. The Morgan fingerprint density at radius 2 is 1.55 bits per heavy atom. The zero-order valence-corrected chi connectivity index (χ0v) is 25.8. The summed E-state index contributed by atoms with van der Waals surface area (Å²) in [5.74, 6) is -0.650. The smallest absolute Gasteiger partial charge is 0.416 e. The maximum Gasteiger partial charge on any atom is 0.416 e. The van der Waals surface area contributed by atoms with Crippen molar-refractivity contribution in [1.82, 2.24) is 14.7 Å². The minimum Gasteiger partial charge on any atom is -0.441 e. The summed E-state index contributed by atoms with van der Waals surface area (Å²) >= 11 is 0. The number of hydrogen-bond acceptors (Lipinski definition) is 5. The number of benzene rings is 3. The molecule has 8 nitrogen and oxygen atoms in total. The second-order valence-corrected chi connectivity index (χ2v) is 12.6. The van der Waals surface area contributed by atoms with Crippen LogP contribution in [0.1, 0.15) is 52.7 Å². The number of amides is 3. The second kappa shape index (κ2) is 13.3. The van der Waals surface area contributed by atoms with E-state index in [0.717, 1.165) is 23.3 Å². The van der Waals surface area contributed by atoms with Gasteiger partial charge in [-0.1, -0.05) is 24.3 Å². The first kappa shape index (κ1) is 32.5. The summed E-state index contributed by atoms with van der Waals surface area (Å²) in [6, 6.07) is 17.8. The van der Waals surface area contributed by atoms with Gasteiger partial charge in [0.1, 0.15) is 11.4 Å². The molecule has 6 rings (SSSR count). The molecule has 248 valence electrons. The zero-order valence-electron chi connectivity index (χ0n) is 25.8. The maximum atomic E-state index is 13.2. The molecule has 47 heavy (non-hydrogen) atoms. The number of halogens is 4. The molecule has 1 N–H and O–H groups in total. The average molecular weight is 653 g/mol. The molecule has 3 amide bonds. The summed E-state index contributed by atoms with van der Waals surface area (Å²) in [6.45, 7) is 3.43. The molecule has 0 saturated carbocycles. The van der Waals surface area contributed by atoms with Gasteiger partial charge in [0.2, 0.25) is 0 Å². The van der Waals surface area contributed by atoms with E-state index < -0.39 is 29.3 Å². The third-order valence-electron chi connectivity index (χ3n) is 9.33. The van der Waals surface area contributed by atoms with Gasteiger partial charge in [0.25, 0.3) is 0 Å². The van der Waals surface area contributed by atoms with Gasteiger partial charge in [-0.25, -0.2) is 14.0 Å². The third-order valence-corrected chi connectivity index (χ3v) is 9.33. The van der Waals surface area contributed by atoms with Gasteiger partial charge in [-0.15, -0.1) is 0 Å². The Morgan fingerprint density at radius 3 is 2.21 bits per heavy atom. The van der Waals surface area contributed by atoms with Crippen LogP contribution in [0.25, 0.3) is 0 Å². The summed E-state index contributed by atoms with van der Waals surface area (Å²) in [7, 11) is 0. The van der Waals surface area contributed by atoms with Crippen molar-refractivity contribution in [1.29, 1.82) is 0 Å². The fourth-order valence-corrected chi connectivity index (χ4v) is 6.62. The van der Waals surface area contributed by atoms with E-state index in [1.807, 2.05) is 18.2 Å². The lowest BCUT2D eigenvalue weighted by molar-refractivity contribution is -0.137. The number of carbonyl (C=O) groups excluding carboxylic acids is 3. The standard InChI is InChI=1S/C35H36F4N4O4/c36-29-10-6-26(7-11-29)31(44)27-12-16-42(17-13-27)32(45)40-30-3-1-2-25(20-30)22-43-23-34(47-33(43)46)14-18-41(19-15-34)21-24-4-8-28(9-5-24)35(37,38)39/h1-11,20,27H,12-19,21-23H2,(H,40,45). The molecule has 3 saturated heterocycles. The summed E-state index contributed by atoms with van der Waals surface area (Å²) in [4.78, 5) is 44.2. The SMILES string of the molecule is O=C(c1ccc(F)cc1)C1CCN(C(=O)Nc2cccc(CN3CC4(CCN(Cc5ccc(C(F)(F)F)cc5)CC4)OC3=O)c2)CC1. The molecule has 3 heterocycles. The number of nitrogens with zero attached hydrogens (tertiary/aromatic N) is 3. The molecule has 1 spiro atoms.